The first-order valence-corrected chi connectivity index (χ1v) is 8.52. The topological polar surface area (TPSA) is 58.6 Å². The Bertz CT molecular complexity index is 330. The van der Waals surface area contributed by atoms with Gasteiger partial charge in [0.2, 0.25) is 0 Å². The van der Waals surface area contributed by atoms with E-state index in [2.05, 4.69) is 24.1 Å². The third kappa shape index (κ3) is 5.65. The Kier molecular flexibility index (Phi) is 6.55. The lowest BCUT2D eigenvalue weighted by molar-refractivity contribution is -0.00431. The lowest BCUT2D eigenvalue weighted by atomic mass is 10.2. The number of hydrogen-bond acceptors (Lipinski definition) is 5. The molecular formula is C12H26N2O3S. The van der Waals surface area contributed by atoms with Crippen molar-refractivity contribution in [3.8, 4) is 0 Å². The van der Waals surface area contributed by atoms with E-state index in [1.54, 1.807) is 6.92 Å². The van der Waals surface area contributed by atoms with Gasteiger partial charge in [-0.1, -0.05) is 20.8 Å². The molecule has 108 valence electrons. The van der Waals surface area contributed by atoms with Gasteiger partial charge >= 0.3 is 0 Å². The predicted molar refractivity (Wildman–Crippen MR) is 73.6 cm³/mol. The van der Waals surface area contributed by atoms with Crippen molar-refractivity contribution in [2.75, 3.05) is 44.4 Å². The van der Waals surface area contributed by atoms with Crippen LogP contribution in [0.2, 0.25) is 0 Å². The summed E-state index contributed by atoms with van der Waals surface area (Å²) < 4.78 is 28.6. The molecule has 1 saturated heterocycles. The minimum Gasteiger partial charge on any atom is -0.378 e. The first-order valence-electron chi connectivity index (χ1n) is 6.70. The highest BCUT2D eigenvalue weighted by molar-refractivity contribution is 7.91. The number of sulfone groups is 1. The molecule has 1 heterocycles. The number of nitrogens with one attached hydrogen (secondary N) is 1. The lowest BCUT2D eigenvalue weighted by Gasteiger charge is -2.36. The van der Waals surface area contributed by atoms with E-state index in [0.29, 0.717) is 25.8 Å². The summed E-state index contributed by atoms with van der Waals surface area (Å²) in [6, 6.07) is 0.723. The van der Waals surface area contributed by atoms with Crippen LogP contribution < -0.4 is 5.32 Å². The van der Waals surface area contributed by atoms with Crippen LogP contribution in [-0.2, 0) is 14.6 Å². The number of ether oxygens (including phenoxy) is 1. The molecule has 0 aliphatic carbocycles. The van der Waals surface area contributed by atoms with Gasteiger partial charge in [0.05, 0.1) is 19.0 Å². The molecule has 0 radical (unpaired) electrons. The van der Waals surface area contributed by atoms with Crippen molar-refractivity contribution >= 4 is 9.84 Å². The molecule has 1 N–H and O–H groups in total. The Morgan fingerprint density at radius 1 is 1.44 bits per heavy atom. The highest BCUT2D eigenvalue weighted by Gasteiger charge is 2.24. The van der Waals surface area contributed by atoms with Crippen molar-refractivity contribution in [2.24, 2.45) is 0 Å². The zero-order chi connectivity index (χ0) is 13.6. The predicted octanol–water partition coefficient (Wildman–Crippen LogP) is 0.120. The Balaban J connectivity index is 2.44. The Hall–Kier alpha value is -0.170. The summed E-state index contributed by atoms with van der Waals surface area (Å²) in [5, 5.41) is 3.39. The normalized spacial score (nSPS) is 22.6. The quantitative estimate of drug-likeness (QED) is 0.717. The van der Waals surface area contributed by atoms with Crippen LogP contribution in [0, 0.1) is 0 Å². The lowest BCUT2D eigenvalue weighted by Crippen LogP contribution is -2.52. The van der Waals surface area contributed by atoms with Gasteiger partial charge in [-0.3, -0.25) is 4.90 Å². The molecule has 1 unspecified atom stereocenters. The van der Waals surface area contributed by atoms with Gasteiger partial charge in [0.15, 0.2) is 9.84 Å². The van der Waals surface area contributed by atoms with Crippen LogP contribution in [0.15, 0.2) is 0 Å². The molecular weight excluding hydrogens is 252 g/mol. The van der Waals surface area contributed by atoms with E-state index < -0.39 is 9.84 Å². The van der Waals surface area contributed by atoms with E-state index in [1.165, 1.54) is 0 Å². The molecule has 6 heteroatoms. The van der Waals surface area contributed by atoms with E-state index in [9.17, 15) is 8.42 Å². The van der Waals surface area contributed by atoms with E-state index in [4.69, 9.17) is 4.74 Å². The van der Waals surface area contributed by atoms with Crippen LogP contribution in [0.1, 0.15) is 20.8 Å². The van der Waals surface area contributed by atoms with Gasteiger partial charge in [-0.25, -0.2) is 8.42 Å². The molecule has 0 saturated carbocycles. The van der Waals surface area contributed by atoms with Gasteiger partial charge in [0.25, 0.3) is 0 Å². The van der Waals surface area contributed by atoms with Gasteiger partial charge in [0, 0.05) is 37.5 Å². The zero-order valence-electron chi connectivity index (χ0n) is 11.7. The minimum absolute atomic E-state index is 0.228. The number of hydrogen-bond donors (Lipinski definition) is 1. The monoisotopic (exact) mass is 278 g/mol. The molecule has 1 rings (SSSR count). The average molecular weight is 278 g/mol. The third-order valence-electron chi connectivity index (χ3n) is 3.24. The van der Waals surface area contributed by atoms with Crippen LogP contribution >= 0.6 is 0 Å². The maximum atomic E-state index is 11.5. The first-order chi connectivity index (χ1) is 8.44. The smallest absolute Gasteiger partial charge is 0.151 e. The van der Waals surface area contributed by atoms with Crippen molar-refractivity contribution in [3.05, 3.63) is 0 Å². The molecule has 0 aromatic rings. The second kappa shape index (κ2) is 7.43. The van der Waals surface area contributed by atoms with Gasteiger partial charge < -0.3 is 10.1 Å². The molecule has 1 fully saturated rings. The third-order valence-corrected chi connectivity index (χ3v) is 4.92. The summed E-state index contributed by atoms with van der Waals surface area (Å²) in [6.07, 6.45) is 0. The summed E-state index contributed by atoms with van der Waals surface area (Å²) >= 11 is 0. The molecule has 5 nitrogen and oxygen atoms in total. The summed E-state index contributed by atoms with van der Waals surface area (Å²) in [4.78, 5) is 2.23. The van der Waals surface area contributed by atoms with Crippen molar-refractivity contribution in [2.45, 2.75) is 32.9 Å². The van der Waals surface area contributed by atoms with Crippen LogP contribution in [-0.4, -0.2) is 69.8 Å². The largest absolute Gasteiger partial charge is 0.378 e. The van der Waals surface area contributed by atoms with E-state index in [-0.39, 0.29) is 17.5 Å². The van der Waals surface area contributed by atoms with Gasteiger partial charge in [-0.15, -0.1) is 0 Å². The second-order valence-corrected chi connectivity index (χ2v) is 7.54. The molecule has 0 amide bonds. The maximum Gasteiger partial charge on any atom is 0.151 e. The molecule has 0 aromatic carbocycles. The molecule has 0 spiro atoms. The van der Waals surface area contributed by atoms with Crippen molar-refractivity contribution in [1.29, 1.82) is 0 Å². The SMILES string of the molecule is CCS(=O)(=O)CCN1CCOCC1CNC(C)C. The highest BCUT2D eigenvalue weighted by Crippen LogP contribution is 2.07. The molecule has 1 aliphatic rings. The summed E-state index contributed by atoms with van der Waals surface area (Å²) in [5.41, 5.74) is 0. The Labute approximate surface area is 111 Å². The number of nitrogens with zero attached hydrogens (tertiary/aromatic N) is 1. The molecule has 1 atom stereocenters. The minimum atomic E-state index is -2.88. The van der Waals surface area contributed by atoms with Crippen molar-refractivity contribution in [1.82, 2.24) is 10.2 Å². The summed E-state index contributed by atoms with van der Waals surface area (Å²) in [7, 11) is -2.88. The average Bonchev–Trinajstić information content (AvgIpc) is 2.35. The van der Waals surface area contributed by atoms with Crippen molar-refractivity contribution < 1.29 is 13.2 Å². The molecule has 0 bridgehead atoms. The van der Waals surface area contributed by atoms with Gasteiger partial charge in [-0.05, 0) is 0 Å². The summed E-state index contributed by atoms with van der Waals surface area (Å²) in [5.74, 6) is 0.480. The fourth-order valence-electron chi connectivity index (χ4n) is 1.94. The van der Waals surface area contributed by atoms with E-state index >= 15 is 0 Å². The highest BCUT2D eigenvalue weighted by atomic mass is 32.2. The Morgan fingerprint density at radius 3 is 2.78 bits per heavy atom. The fourth-order valence-corrected chi connectivity index (χ4v) is 2.75. The summed E-state index contributed by atoms with van der Waals surface area (Å²) in [6.45, 7) is 9.59. The van der Waals surface area contributed by atoms with E-state index in [1.807, 2.05) is 0 Å². The molecule has 1 aliphatic heterocycles. The van der Waals surface area contributed by atoms with Gasteiger partial charge in [-0.2, -0.15) is 0 Å². The number of rotatable bonds is 7. The zero-order valence-corrected chi connectivity index (χ0v) is 12.5. The molecule has 0 aromatic heterocycles. The van der Waals surface area contributed by atoms with Crippen molar-refractivity contribution in [3.63, 3.8) is 0 Å². The standard InChI is InChI=1S/C12H26N2O3S/c1-4-18(15,16)8-6-14-5-7-17-10-12(14)9-13-11(2)3/h11-13H,4-10H2,1-3H3. The van der Waals surface area contributed by atoms with Crippen LogP contribution in [0.5, 0.6) is 0 Å². The van der Waals surface area contributed by atoms with Crippen LogP contribution in [0.25, 0.3) is 0 Å². The van der Waals surface area contributed by atoms with Gasteiger partial charge in [0.1, 0.15) is 0 Å². The van der Waals surface area contributed by atoms with E-state index in [0.717, 1.165) is 13.1 Å². The fraction of sp³-hybridized carbons (Fsp3) is 1.00. The number of morpholine rings is 1. The first kappa shape index (κ1) is 15.9. The Morgan fingerprint density at radius 2 is 2.17 bits per heavy atom. The van der Waals surface area contributed by atoms with Crippen LogP contribution in [0.4, 0.5) is 0 Å². The molecule has 18 heavy (non-hydrogen) atoms. The van der Waals surface area contributed by atoms with Crippen LogP contribution in [0.3, 0.4) is 0 Å². The maximum absolute atomic E-state index is 11.5. The second-order valence-electron chi connectivity index (χ2n) is 5.06.